The Bertz CT molecular complexity index is 1330. The molecule has 2 aromatic heterocycles. The van der Waals surface area contributed by atoms with Crippen LogP contribution in [-0.4, -0.2) is 25.0 Å². The normalized spacial score (nSPS) is 11.1. The van der Waals surface area contributed by atoms with Crippen molar-refractivity contribution in [1.29, 1.82) is 0 Å². The van der Waals surface area contributed by atoms with Crippen LogP contribution in [0.3, 0.4) is 0 Å². The van der Waals surface area contributed by atoms with Crippen molar-refractivity contribution in [3.8, 4) is 28.5 Å². The maximum atomic E-state index is 5.88. The number of thioether (sulfide) groups is 1. The first kappa shape index (κ1) is 20.2. The molecule has 0 unspecified atom stereocenters. The molecule has 32 heavy (non-hydrogen) atoms. The zero-order valence-electron chi connectivity index (χ0n) is 17.8. The Morgan fingerprint density at radius 2 is 1.38 bits per heavy atom. The van der Waals surface area contributed by atoms with Crippen molar-refractivity contribution in [2.45, 2.75) is 24.8 Å². The molecule has 0 atom stereocenters. The van der Waals surface area contributed by atoms with E-state index in [9.17, 15) is 0 Å². The molecule has 158 valence electrons. The van der Waals surface area contributed by atoms with Gasteiger partial charge in [-0.25, -0.2) is 0 Å². The van der Waals surface area contributed by atoms with Gasteiger partial charge < -0.3 is 4.42 Å². The van der Waals surface area contributed by atoms with Gasteiger partial charge in [-0.1, -0.05) is 77.5 Å². The standard InChI is InChI=1S/C25H21N5OS/c1-17-8-12-19(13-9-17)23-27-29-25(30(23)21-6-4-3-5-7-21)32-16-22-26-28-24(31-22)20-14-10-18(2)11-15-20/h3-15H,16H2,1-2H3. The van der Waals surface area contributed by atoms with E-state index >= 15 is 0 Å². The molecule has 0 aliphatic carbocycles. The summed E-state index contributed by atoms with van der Waals surface area (Å²) in [4.78, 5) is 0. The van der Waals surface area contributed by atoms with Gasteiger partial charge in [0.2, 0.25) is 11.8 Å². The van der Waals surface area contributed by atoms with Gasteiger partial charge in [-0.3, -0.25) is 4.57 Å². The van der Waals surface area contributed by atoms with E-state index in [0.717, 1.165) is 27.8 Å². The number of hydrogen-bond donors (Lipinski definition) is 0. The second-order valence-electron chi connectivity index (χ2n) is 7.50. The smallest absolute Gasteiger partial charge is 0.247 e. The van der Waals surface area contributed by atoms with Gasteiger partial charge in [0.05, 0.1) is 5.75 Å². The minimum atomic E-state index is 0.498. The number of nitrogens with zero attached hydrogens (tertiary/aromatic N) is 5. The second-order valence-corrected chi connectivity index (χ2v) is 8.44. The largest absolute Gasteiger partial charge is 0.420 e. The maximum Gasteiger partial charge on any atom is 0.247 e. The molecule has 3 aromatic carbocycles. The molecule has 6 nitrogen and oxygen atoms in total. The highest BCUT2D eigenvalue weighted by molar-refractivity contribution is 7.98. The Balaban J connectivity index is 1.43. The van der Waals surface area contributed by atoms with Crippen molar-refractivity contribution in [2.24, 2.45) is 0 Å². The highest BCUT2D eigenvalue weighted by atomic mass is 32.2. The van der Waals surface area contributed by atoms with Crippen LogP contribution in [0.1, 0.15) is 17.0 Å². The van der Waals surface area contributed by atoms with Crippen molar-refractivity contribution in [1.82, 2.24) is 25.0 Å². The topological polar surface area (TPSA) is 69.6 Å². The van der Waals surface area contributed by atoms with Gasteiger partial charge in [-0.2, -0.15) is 0 Å². The van der Waals surface area contributed by atoms with Crippen LogP contribution >= 0.6 is 11.8 Å². The van der Waals surface area contributed by atoms with Crippen molar-refractivity contribution >= 4 is 11.8 Å². The van der Waals surface area contributed by atoms with Gasteiger partial charge >= 0.3 is 0 Å². The summed E-state index contributed by atoms with van der Waals surface area (Å²) >= 11 is 1.52. The molecule has 0 N–H and O–H groups in total. The van der Waals surface area contributed by atoms with Crippen molar-refractivity contribution in [2.75, 3.05) is 0 Å². The molecule has 0 spiro atoms. The van der Waals surface area contributed by atoms with Gasteiger partial charge in [0.25, 0.3) is 0 Å². The summed E-state index contributed by atoms with van der Waals surface area (Å²) in [6.07, 6.45) is 0. The van der Waals surface area contributed by atoms with Crippen LogP contribution in [0.25, 0.3) is 28.5 Å². The van der Waals surface area contributed by atoms with E-state index in [1.165, 1.54) is 22.9 Å². The summed E-state index contributed by atoms with van der Waals surface area (Å²) in [6.45, 7) is 4.12. The van der Waals surface area contributed by atoms with Gasteiger partial charge in [-0.15, -0.1) is 20.4 Å². The first-order valence-corrected chi connectivity index (χ1v) is 11.3. The van der Waals surface area contributed by atoms with Crippen molar-refractivity contribution in [3.05, 3.63) is 95.9 Å². The second kappa shape index (κ2) is 8.80. The lowest BCUT2D eigenvalue weighted by Crippen LogP contribution is -1.99. The number of rotatable bonds is 6. The number of benzene rings is 3. The van der Waals surface area contributed by atoms with Crippen LogP contribution < -0.4 is 0 Å². The molecule has 0 aliphatic heterocycles. The molecule has 0 amide bonds. The summed E-state index contributed by atoms with van der Waals surface area (Å²) in [5.41, 5.74) is 5.32. The molecule has 0 saturated carbocycles. The van der Waals surface area contributed by atoms with E-state index < -0.39 is 0 Å². The van der Waals surface area contributed by atoms with E-state index in [1.54, 1.807) is 0 Å². The Morgan fingerprint density at radius 1 is 0.719 bits per heavy atom. The predicted molar refractivity (Wildman–Crippen MR) is 126 cm³/mol. The molecule has 0 bridgehead atoms. The lowest BCUT2D eigenvalue weighted by atomic mass is 10.1. The summed E-state index contributed by atoms with van der Waals surface area (Å²) in [6, 6.07) is 26.4. The zero-order valence-corrected chi connectivity index (χ0v) is 18.6. The SMILES string of the molecule is Cc1ccc(-c2nnc(CSc3nnc(-c4ccc(C)cc4)n3-c3ccccc3)o2)cc1. The monoisotopic (exact) mass is 439 g/mol. The number of aryl methyl sites for hydroxylation is 2. The first-order chi connectivity index (χ1) is 15.7. The Hall–Kier alpha value is -3.71. The van der Waals surface area contributed by atoms with E-state index in [1.807, 2.05) is 61.5 Å². The van der Waals surface area contributed by atoms with Gasteiger partial charge in [0.1, 0.15) is 0 Å². The lowest BCUT2D eigenvalue weighted by Gasteiger charge is -2.10. The molecule has 5 aromatic rings. The average Bonchev–Trinajstić information content (AvgIpc) is 3.47. The average molecular weight is 440 g/mol. The minimum absolute atomic E-state index is 0.498. The molecule has 0 fully saturated rings. The number of hydrogen-bond acceptors (Lipinski definition) is 6. The van der Waals surface area contributed by atoms with Crippen LogP contribution in [0.15, 0.2) is 88.4 Å². The molecule has 0 radical (unpaired) electrons. The van der Waals surface area contributed by atoms with E-state index in [2.05, 4.69) is 56.2 Å². The highest BCUT2D eigenvalue weighted by Crippen LogP contribution is 2.30. The number of para-hydroxylation sites is 1. The minimum Gasteiger partial charge on any atom is -0.420 e. The Kier molecular flexibility index (Phi) is 5.56. The Morgan fingerprint density at radius 3 is 2.06 bits per heavy atom. The summed E-state index contributed by atoms with van der Waals surface area (Å²) in [5.74, 6) is 2.36. The fourth-order valence-corrected chi connectivity index (χ4v) is 4.10. The first-order valence-electron chi connectivity index (χ1n) is 10.3. The van der Waals surface area contributed by atoms with Crippen LogP contribution in [0.2, 0.25) is 0 Å². The van der Waals surface area contributed by atoms with E-state index in [0.29, 0.717) is 17.5 Å². The summed E-state index contributed by atoms with van der Waals surface area (Å²) < 4.78 is 7.94. The van der Waals surface area contributed by atoms with Crippen LogP contribution in [-0.2, 0) is 5.75 Å². The van der Waals surface area contributed by atoms with Crippen LogP contribution in [0, 0.1) is 13.8 Å². The van der Waals surface area contributed by atoms with Crippen LogP contribution in [0.4, 0.5) is 0 Å². The third kappa shape index (κ3) is 4.20. The molecular weight excluding hydrogens is 418 g/mol. The van der Waals surface area contributed by atoms with E-state index in [4.69, 9.17) is 4.42 Å². The van der Waals surface area contributed by atoms with Crippen molar-refractivity contribution < 1.29 is 4.42 Å². The zero-order chi connectivity index (χ0) is 21.9. The molecule has 0 saturated heterocycles. The molecule has 2 heterocycles. The highest BCUT2D eigenvalue weighted by Gasteiger charge is 2.17. The quantitative estimate of drug-likeness (QED) is 0.307. The molecule has 7 heteroatoms. The Labute approximate surface area is 190 Å². The number of aromatic nitrogens is 5. The molecule has 5 rings (SSSR count). The lowest BCUT2D eigenvalue weighted by molar-refractivity contribution is 0.528. The van der Waals surface area contributed by atoms with E-state index in [-0.39, 0.29) is 0 Å². The molecular formula is C25H21N5OS. The third-order valence-electron chi connectivity index (χ3n) is 5.05. The van der Waals surface area contributed by atoms with Gasteiger partial charge in [0, 0.05) is 16.8 Å². The summed E-state index contributed by atoms with van der Waals surface area (Å²) in [5, 5.41) is 18.1. The predicted octanol–water partition coefficient (Wildman–Crippen LogP) is 5.89. The third-order valence-corrected chi connectivity index (χ3v) is 5.96. The maximum absolute atomic E-state index is 5.88. The van der Waals surface area contributed by atoms with Crippen molar-refractivity contribution in [3.63, 3.8) is 0 Å². The van der Waals surface area contributed by atoms with Gasteiger partial charge in [0.15, 0.2) is 11.0 Å². The fraction of sp³-hybridized carbons (Fsp3) is 0.120. The summed E-state index contributed by atoms with van der Waals surface area (Å²) in [7, 11) is 0. The fourth-order valence-electron chi connectivity index (χ4n) is 3.31. The van der Waals surface area contributed by atoms with Crippen LogP contribution in [0.5, 0.6) is 0 Å². The van der Waals surface area contributed by atoms with Gasteiger partial charge in [-0.05, 0) is 38.1 Å². The molecule has 0 aliphatic rings.